The van der Waals surface area contributed by atoms with Gasteiger partial charge in [0.25, 0.3) is 5.91 Å². The number of aromatic amines is 1. The number of H-pyrrole nitrogens is 1. The Morgan fingerprint density at radius 2 is 2.21 bits per heavy atom. The first kappa shape index (κ1) is 15.9. The van der Waals surface area contributed by atoms with Crippen molar-refractivity contribution in [3.05, 3.63) is 53.4 Å². The van der Waals surface area contributed by atoms with Crippen molar-refractivity contribution in [2.75, 3.05) is 0 Å². The highest BCUT2D eigenvalue weighted by Crippen LogP contribution is 2.20. The Morgan fingerprint density at radius 1 is 1.42 bits per heavy atom. The van der Waals surface area contributed by atoms with Crippen LogP contribution >= 0.6 is 11.3 Å². The van der Waals surface area contributed by atoms with Crippen LogP contribution in [0.15, 0.2) is 47.9 Å². The number of carboxylic acids is 1. The highest BCUT2D eigenvalue weighted by molar-refractivity contribution is 7.16. The molecule has 0 saturated heterocycles. The maximum atomic E-state index is 12.1. The molecule has 0 bridgehead atoms. The Hall–Kier alpha value is -3.00. The van der Waals surface area contributed by atoms with E-state index in [0.29, 0.717) is 10.5 Å². The second kappa shape index (κ2) is 6.63. The lowest BCUT2D eigenvalue weighted by Gasteiger charge is -2.09. The Bertz CT molecular complexity index is 982. The van der Waals surface area contributed by atoms with E-state index in [1.807, 2.05) is 24.3 Å². The van der Waals surface area contributed by atoms with Gasteiger partial charge in [-0.1, -0.05) is 23.5 Å². The number of nitrogens with one attached hydrogen (secondary N) is 1. The third-order valence-corrected chi connectivity index (χ3v) is 4.44. The largest absolute Gasteiger partial charge is 0.480 e. The molecule has 1 atom stereocenters. The molecule has 0 saturated carbocycles. The molecular formula is C16H14N4O3S. The van der Waals surface area contributed by atoms with Crippen molar-refractivity contribution >= 4 is 39.5 Å². The Labute approximate surface area is 140 Å². The summed E-state index contributed by atoms with van der Waals surface area (Å²) in [5.41, 5.74) is 1.42. The van der Waals surface area contributed by atoms with Crippen molar-refractivity contribution < 1.29 is 14.7 Å². The highest BCUT2D eigenvalue weighted by Gasteiger charge is 2.18. The highest BCUT2D eigenvalue weighted by atomic mass is 32.1. The number of carbonyl (C=O) groups excluding carboxylic acids is 1. The van der Waals surface area contributed by atoms with Gasteiger partial charge in [0.15, 0.2) is 4.80 Å². The number of aliphatic carboxylic acids is 1. The van der Waals surface area contributed by atoms with Gasteiger partial charge in [-0.05, 0) is 25.1 Å². The van der Waals surface area contributed by atoms with E-state index in [1.165, 1.54) is 23.7 Å². The van der Waals surface area contributed by atoms with Crippen molar-refractivity contribution in [3.63, 3.8) is 0 Å². The standard InChI is InChI=1S/C16H14N4O3S/c1-10(15(22)23)20-12-4-2-3-5-13(12)24-16(20)19-14(21)7-6-11-8-17-9-18-11/h2-10H,1H3,(H,17,18)(H,22,23). The first-order valence-corrected chi connectivity index (χ1v) is 7.96. The SMILES string of the molecule is CC(C(=O)O)n1c(=NC(=O)C=Cc2cnc[nH]2)sc2ccccc21. The lowest BCUT2D eigenvalue weighted by molar-refractivity contribution is -0.140. The van der Waals surface area contributed by atoms with Crippen LogP contribution in [0.4, 0.5) is 0 Å². The minimum Gasteiger partial charge on any atom is -0.480 e. The van der Waals surface area contributed by atoms with Crippen molar-refractivity contribution in [2.45, 2.75) is 13.0 Å². The minimum absolute atomic E-state index is 0.352. The number of fused-ring (bicyclic) bond motifs is 1. The molecule has 3 rings (SSSR count). The summed E-state index contributed by atoms with van der Waals surface area (Å²) in [4.78, 5) is 34.6. The molecule has 0 spiro atoms. The van der Waals surface area contributed by atoms with Gasteiger partial charge in [-0.2, -0.15) is 4.99 Å². The lowest BCUT2D eigenvalue weighted by atomic mass is 10.3. The number of carbonyl (C=O) groups is 2. The number of imidazole rings is 1. The number of hydrogen-bond acceptors (Lipinski definition) is 4. The number of amides is 1. The van der Waals surface area contributed by atoms with E-state index in [9.17, 15) is 14.7 Å². The predicted octanol–water partition coefficient (Wildman–Crippen LogP) is 2.21. The molecular weight excluding hydrogens is 328 g/mol. The maximum Gasteiger partial charge on any atom is 0.326 e. The lowest BCUT2D eigenvalue weighted by Crippen LogP contribution is -2.25. The van der Waals surface area contributed by atoms with E-state index in [0.717, 1.165) is 10.2 Å². The van der Waals surface area contributed by atoms with Crippen LogP contribution in [0.25, 0.3) is 16.3 Å². The average Bonchev–Trinajstić information content (AvgIpc) is 3.19. The van der Waals surface area contributed by atoms with E-state index in [1.54, 1.807) is 23.8 Å². The second-order valence-electron chi connectivity index (χ2n) is 5.03. The van der Waals surface area contributed by atoms with Gasteiger partial charge in [-0.25, -0.2) is 9.78 Å². The zero-order chi connectivity index (χ0) is 17.1. The van der Waals surface area contributed by atoms with Gasteiger partial charge >= 0.3 is 5.97 Å². The summed E-state index contributed by atoms with van der Waals surface area (Å²) < 4.78 is 2.43. The summed E-state index contributed by atoms with van der Waals surface area (Å²) in [6, 6.07) is 6.54. The van der Waals surface area contributed by atoms with Gasteiger partial charge in [0.2, 0.25) is 0 Å². The fraction of sp³-hybridized carbons (Fsp3) is 0.125. The average molecular weight is 342 g/mol. The zero-order valence-corrected chi connectivity index (χ0v) is 13.5. The third kappa shape index (κ3) is 3.18. The monoisotopic (exact) mass is 342 g/mol. The van der Waals surface area contributed by atoms with Crippen LogP contribution in [0.3, 0.4) is 0 Å². The molecule has 2 N–H and O–H groups in total. The summed E-state index contributed by atoms with van der Waals surface area (Å²) in [6.07, 6.45) is 5.97. The number of thiazole rings is 1. The van der Waals surface area contributed by atoms with Crippen molar-refractivity contribution in [3.8, 4) is 0 Å². The third-order valence-electron chi connectivity index (χ3n) is 3.41. The number of nitrogens with zero attached hydrogens (tertiary/aromatic N) is 3. The summed E-state index contributed by atoms with van der Waals surface area (Å²) in [5, 5.41) is 9.33. The number of hydrogen-bond donors (Lipinski definition) is 2. The van der Waals surface area contributed by atoms with Crippen LogP contribution in [-0.2, 0) is 9.59 Å². The topological polar surface area (TPSA) is 100 Å². The van der Waals surface area contributed by atoms with Gasteiger partial charge in [0.05, 0.1) is 28.4 Å². The molecule has 0 aliphatic heterocycles. The normalized spacial score (nSPS) is 13.6. The van der Waals surface area contributed by atoms with Crippen LogP contribution in [0.2, 0.25) is 0 Å². The van der Waals surface area contributed by atoms with Crippen molar-refractivity contribution in [1.29, 1.82) is 0 Å². The molecule has 2 heterocycles. The number of carboxylic acid groups (broad SMARTS) is 1. The molecule has 7 nitrogen and oxygen atoms in total. The van der Waals surface area contributed by atoms with E-state index < -0.39 is 17.9 Å². The summed E-state index contributed by atoms with van der Waals surface area (Å²) >= 11 is 1.28. The summed E-state index contributed by atoms with van der Waals surface area (Å²) in [7, 11) is 0. The summed E-state index contributed by atoms with van der Waals surface area (Å²) in [5.74, 6) is -1.46. The maximum absolute atomic E-state index is 12.1. The van der Waals surface area contributed by atoms with E-state index in [2.05, 4.69) is 15.0 Å². The molecule has 2 aromatic heterocycles. The fourth-order valence-electron chi connectivity index (χ4n) is 2.20. The molecule has 1 aromatic carbocycles. The molecule has 24 heavy (non-hydrogen) atoms. The molecule has 0 fully saturated rings. The van der Waals surface area contributed by atoms with Gasteiger partial charge in [0, 0.05) is 6.08 Å². The molecule has 0 radical (unpaired) electrons. The van der Waals surface area contributed by atoms with Crippen LogP contribution in [0, 0.1) is 0 Å². The minimum atomic E-state index is -0.986. The number of benzene rings is 1. The van der Waals surface area contributed by atoms with Gasteiger partial charge in [-0.3, -0.25) is 4.79 Å². The molecule has 1 amide bonds. The van der Waals surface area contributed by atoms with Gasteiger partial charge < -0.3 is 14.7 Å². The fourth-order valence-corrected chi connectivity index (χ4v) is 3.31. The second-order valence-corrected chi connectivity index (χ2v) is 6.04. The molecule has 122 valence electrons. The van der Waals surface area contributed by atoms with E-state index in [4.69, 9.17) is 0 Å². The Kier molecular flexibility index (Phi) is 4.39. The smallest absolute Gasteiger partial charge is 0.326 e. The predicted molar refractivity (Wildman–Crippen MR) is 90.4 cm³/mol. The van der Waals surface area contributed by atoms with Crippen molar-refractivity contribution in [1.82, 2.24) is 14.5 Å². The molecule has 1 unspecified atom stereocenters. The van der Waals surface area contributed by atoms with E-state index in [-0.39, 0.29) is 0 Å². The first-order valence-electron chi connectivity index (χ1n) is 7.14. The quantitative estimate of drug-likeness (QED) is 0.710. The Balaban J connectivity index is 2.06. The molecule has 0 aliphatic carbocycles. The number of para-hydroxylation sites is 1. The molecule has 8 heteroatoms. The summed E-state index contributed by atoms with van der Waals surface area (Å²) in [6.45, 7) is 1.56. The van der Waals surface area contributed by atoms with Crippen LogP contribution in [-0.4, -0.2) is 31.5 Å². The Morgan fingerprint density at radius 3 is 2.92 bits per heavy atom. The van der Waals surface area contributed by atoms with Crippen LogP contribution < -0.4 is 4.80 Å². The van der Waals surface area contributed by atoms with E-state index >= 15 is 0 Å². The van der Waals surface area contributed by atoms with Gasteiger partial charge in [0.1, 0.15) is 6.04 Å². The van der Waals surface area contributed by atoms with Crippen LogP contribution in [0.1, 0.15) is 18.7 Å². The van der Waals surface area contributed by atoms with Crippen LogP contribution in [0.5, 0.6) is 0 Å². The van der Waals surface area contributed by atoms with Crippen molar-refractivity contribution in [2.24, 2.45) is 4.99 Å². The number of rotatable bonds is 4. The molecule has 0 aliphatic rings. The zero-order valence-electron chi connectivity index (χ0n) is 12.7. The number of aromatic nitrogens is 3. The van der Waals surface area contributed by atoms with Gasteiger partial charge in [-0.15, -0.1) is 0 Å². The first-order chi connectivity index (χ1) is 11.6. The molecule has 3 aromatic rings.